The van der Waals surface area contributed by atoms with E-state index in [1.165, 1.54) is 5.56 Å². The van der Waals surface area contributed by atoms with Crippen LogP contribution in [0.1, 0.15) is 41.3 Å². The van der Waals surface area contributed by atoms with Gasteiger partial charge < -0.3 is 10.2 Å². The number of nitrogens with zero attached hydrogens (tertiary/aromatic N) is 1. The van der Waals surface area contributed by atoms with Gasteiger partial charge in [-0.25, -0.2) is 0 Å². The van der Waals surface area contributed by atoms with Gasteiger partial charge in [0.15, 0.2) is 0 Å². The summed E-state index contributed by atoms with van der Waals surface area (Å²) >= 11 is 0. The van der Waals surface area contributed by atoms with Crippen molar-refractivity contribution in [2.45, 2.75) is 33.1 Å². The number of amides is 2. The van der Waals surface area contributed by atoms with Gasteiger partial charge in [0.2, 0.25) is 5.91 Å². The zero-order chi connectivity index (χ0) is 18.5. The second kappa shape index (κ2) is 8.17. The van der Waals surface area contributed by atoms with E-state index in [2.05, 4.69) is 18.3 Å². The maximum atomic E-state index is 12.8. The van der Waals surface area contributed by atoms with E-state index in [4.69, 9.17) is 0 Å². The smallest absolute Gasteiger partial charge is 0.253 e. The van der Waals surface area contributed by atoms with Gasteiger partial charge in [0, 0.05) is 24.3 Å². The van der Waals surface area contributed by atoms with Crippen LogP contribution >= 0.6 is 0 Å². The van der Waals surface area contributed by atoms with Crippen molar-refractivity contribution in [3.63, 3.8) is 0 Å². The molecule has 1 saturated heterocycles. The Morgan fingerprint density at radius 3 is 2.73 bits per heavy atom. The average molecular weight is 350 g/mol. The molecule has 0 aromatic heterocycles. The molecule has 4 nitrogen and oxygen atoms in total. The molecular formula is C22H26N2O2. The van der Waals surface area contributed by atoms with E-state index in [0.717, 1.165) is 30.5 Å². The van der Waals surface area contributed by atoms with Gasteiger partial charge in [-0.1, -0.05) is 36.8 Å². The summed E-state index contributed by atoms with van der Waals surface area (Å²) in [6, 6.07) is 15.6. The van der Waals surface area contributed by atoms with E-state index >= 15 is 0 Å². The minimum Gasteiger partial charge on any atom is -0.338 e. The number of aryl methyl sites for hydroxylation is 2. The van der Waals surface area contributed by atoms with Crippen LogP contribution in [0, 0.1) is 12.8 Å². The first-order valence-electron chi connectivity index (χ1n) is 9.32. The van der Waals surface area contributed by atoms with Crippen molar-refractivity contribution in [1.82, 2.24) is 4.90 Å². The molecule has 0 spiro atoms. The first-order chi connectivity index (χ1) is 12.6. The molecule has 2 amide bonds. The van der Waals surface area contributed by atoms with E-state index in [0.29, 0.717) is 18.7 Å². The summed E-state index contributed by atoms with van der Waals surface area (Å²) < 4.78 is 0. The van der Waals surface area contributed by atoms with Gasteiger partial charge in [0.05, 0.1) is 5.92 Å². The molecule has 1 aliphatic heterocycles. The minimum absolute atomic E-state index is 0.00000436. The summed E-state index contributed by atoms with van der Waals surface area (Å²) in [7, 11) is 0. The number of carbonyl (C=O) groups is 2. The molecule has 4 heteroatoms. The molecule has 2 aromatic carbocycles. The van der Waals surface area contributed by atoms with Gasteiger partial charge in [0.1, 0.15) is 0 Å². The number of hydrogen-bond acceptors (Lipinski definition) is 2. The number of anilines is 1. The molecule has 1 heterocycles. The summed E-state index contributed by atoms with van der Waals surface area (Å²) in [5.74, 6) is -0.151. The molecule has 1 N–H and O–H groups in total. The van der Waals surface area contributed by atoms with E-state index in [1.54, 1.807) is 0 Å². The van der Waals surface area contributed by atoms with Crippen molar-refractivity contribution in [1.29, 1.82) is 0 Å². The molecule has 0 bridgehead atoms. The van der Waals surface area contributed by atoms with Crippen molar-refractivity contribution < 1.29 is 9.59 Å². The Morgan fingerprint density at radius 1 is 1.15 bits per heavy atom. The quantitative estimate of drug-likeness (QED) is 0.904. The third kappa shape index (κ3) is 4.31. The highest BCUT2D eigenvalue weighted by Crippen LogP contribution is 2.21. The van der Waals surface area contributed by atoms with Gasteiger partial charge in [-0.3, -0.25) is 9.59 Å². The second-order valence-corrected chi connectivity index (χ2v) is 7.00. The molecule has 136 valence electrons. The van der Waals surface area contributed by atoms with Gasteiger partial charge in [0.25, 0.3) is 5.91 Å². The van der Waals surface area contributed by atoms with Crippen LogP contribution < -0.4 is 5.32 Å². The third-order valence-corrected chi connectivity index (χ3v) is 4.95. The lowest BCUT2D eigenvalue weighted by Crippen LogP contribution is -2.43. The summed E-state index contributed by atoms with van der Waals surface area (Å²) in [4.78, 5) is 27.2. The molecule has 1 fully saturated rings. The predicted octanol–water partition coefficient (Wildman–Crippen LogP) is 4.05. The summed E-state index contributed by atoms with van der Waals surface area (Å²) in [5, 5.41) is 3.02. The monoisotopic (exact) mass is 350 g/mol. The summed E-state index contributed by atoms with van der Waals surface area (Å²) in [6.07, 6.45) is 2.60. The largest absolute Gasteiger partial charge is 0.338 e. The Hall–Kier alpha value is -2.62. The molecule has 2 aromatic rings. The molecule has 0 saturated carbocycles. The first kappa shape index (κ1) is 18.2. The molecular weight excluding hydrogens is 324 g/mol. The van der Waals surface area contributed by atoms with Crippen molar-refractivity contribution in [2.75, 3.05) is 18.4 Å². The number of carbonyl (C=O) groups excluding carboxylic acids is 2. The average Bonchev–Trinajstić information content (AvgIpc) is 2.67. The van der Waals surface area contributed by atoms with E-state index < -0.39 is 0 Å². The van der Waals surface area contributed by atoms with Crippen LogP contribution in [-0.2, 0) is 11.2 Å². The van der Waals surface area contributed by atoms with Crippen LogP contribution in [0.5, 0.6) is 0 Å². The maximum Gasteiger partial charge on any atom is 0.253 e. The van der Waals surface area contributed by atoms with Crippen LogP contribution in [-0.4, -0.2) is 29.8 Å². The molecule has 3 rings (SSSR count). The Labute approximate surface area is 155 Å². The van der Waals surface area contributed by atoms with E-state index in [-0.39, 0.29) is 17.7 Å². The van der Waals surface area contributed by atoms with Crippen LogP contribution in [0.2, 0.25) is 0 Å². The molecule has 1 atom stereocenters. The van der Waals surface area contributed by atoms with Crippen molar-refractivity contribution in [2.24, 2.45) is 5.92 Å². The van der Waals surface area contributed by atoms with Crippen molar-refractivity contribution in [3.8, 4) is 0 Å². The molecule has 1 aliphatic rings. The predicted molar refractivity (Wildman–Crippen MR) is 104 cm³/mol. The number of likely N-dealkylation sites (tertiary alicyclic amines) is 1. The number of benzene rings is 2. The summed E-state index contributed by atoms with van der Waals surface area (Å²) in [5.41, 5.74) is 3.79. The number of piperidine rings is 1. The minimum atomic E-state index is -0.164. The highest BCUT2D eigenvalue weighted by Gasteiger charge is 2.29. The van der Waals surface area contributed by atoms with E-state index in [1.807, 2.05) is 54.3 Å². The highest BCUT2D eigenvalue weighted by atomic mass is 16.2. The Balaban J connectivity index is 1.65. The number of nitrogens with one attached hydrogen (secondary N) is 1. The Kier molecular flexibility index (Phi) is 5.71. The van der Waals surface area contributed by atoms with Crippen LogP contribution in [0.4, 0.5) is 5.69 Å². The fourth-order valence-corrected chi connectivity index (χ4v) is 3.45. The molecule has 26 heavy (non-hydrogen) atoms. The number of hydrogen-bond donors (Lipinski definition) is 1. The zero-order valence-electron chi connectivity index (χ0n) is 15.5. The van der Waals surface area contributed by atoms with Crippen LogP contribution in [0.15, 0.2) is 48.5 Å². The van der Waals surface area contributed by atoms with Crippen molar-refractivity contribution in [3.05, 3.63) is 65.2 Å². The summed E-state index contributed by atoms with van der Waals surface area (Å²) in [6.45, 7) is 5.26. The highest BCUT2D eigenvalue weighted by molar-refractivity contribution is 5.96. The Morgan fingerprint density at radius 2 is 1.96 bits per heavy atom. The van der Waals surface area contributed by atoms with Gasteiger partial charge >= 0.3 is 0 Å². The molecule has 0 radical (unpaired) electrons. The lowest BCUT2D eigenvalue weighted by atomic mass is 9.96. The normalized spacial score (nSPS) is 17.0. The van der Waals surface area contributed by atoms with Gasteiger partial charge in [-0.2, -0.15) is 0 Å². The zero-order valence-corrected chi connectivity index (χ0v) is 15.5. The molecule has 0 unspecified atom stereocenters. The Bertz CT molecular complexity index is 800. The molecule has 0 aliphatic carbocycles. The lowest BCUT2D eigenvalue weighted by molar-refractivity contribution is -0.121. The fraction of sp³-hybridized carbons (Fsp3) is 0.364. The second-order valence-electron chi connectivity index (χ2n) is 7.00. The SMILES string of the molecule is CCc1cccc(NC(=O)[C@H]2CCCN(C(=O)c3cccc(C)c3)C2)c1. The topological polar surface area (TPSA) is 49.4 Å². The standard InChI is InChI=1S/C22H26N2O2/c1-3-17-8-5-11-20(14-17)23-21(25)19-10-6-12-24(15-19)22(26)18-9-4-7-16(2)13-18/h4-5,7-9,11,13-14,19H,3,6,10,12,15H2,1-2H3,(H,23,25)/t19-/m0/s1. The van der Waals surface area contributed by atoms with Crippen molar-refractivity contribution >= 4 is 17.5 Å². The fourth-order valence-electron chi connectivity index (χ4n) is 3.45. The van der Waals surface area contributed by atoms with E-state index in [9.17, 15) is 9.59 Å². The third-order valence-electron chi connectivity index (χ3n) is 4.95. The van der Waals surface area contributed by atoms with Crippen LogP contribution in [0.3, 0.4) is 0 Å². The van der Waals surface area contributed by atoms with Gasteiger partial charge in [-0.05, 0) is 56.0 Å². The van der Waals surface area contributed by atoms with Gasteiger partial charge in [-0.15, -0.1) is 0 Å². The first-order valence-corrected chi connectivity index (χ1v) is 9.32. The maximum absolute atomic E-state index is 12.8. The van der Waals surface area contributed by atoms with Crippen LogP contribution in [0.25, 0.3) is 0 Å². The number of rotatable bonds is 4. The lowest BCUT2D eigenvalue weighted by Gasteiger charge is -2.32.